The number of thiazole rings is 1. The molecule has 0 saturated carbocycles. The van der Waals surface area contributed by atoms with Crippen LogP contribution >= 0.6 is 22.9 Å². The van der Waals surface area contributed by atoms with Crippen LogP contribution in [0.15, 0.2) is 42.5 Å². The van der Waals surface area contributed by atoms with Crippen molar-refractivity contribution in [1.29, 1.82) is 0 Å². The van der Waals surface area contributed by atoms with Gasteiger partial charge in [-0.3, -0.25) is 14.9 Å². The summed E-state index contributed by atoms with van der Waals surface area (Å²) in [6, 6.07) is 12.2. The fourth-order valence-electron chi connectivity index (χ4n) is 2.18. The summed E-state index contributed by atoms with van der Waals surface area (Å²) >= 11 is 7.33. The third kappa shape index (κ3) is 4.20. The zero-order valence-electron chi connectivity index (χ0n) is 14.6. The first-order valence-electron chi connectivity index (χ1n) is 8.01. The Morgan fingerprint density at radius 1 is 1.08 bits per heavy atom. The van der Waals surface area contributed by atoms with Gasteiger partial charge in [0.2, 0.25) is 5.91 Å². The van der Waals surface area contributed by atoms with Crippen LogP contribution in [0, 0.1) is 5.41 Å². The SMILES string of the molecule is CC(C)(C)C(=O)Nc1cccc(C(=O)Nc2nc3ccc(Cl)cc3s2)c1. The Labute approximate surface area is 160 Å². The maximum absolute atomic E-state index is 12.5. The summed E-state index contributed by atoms with van der Waals surface area (Å²) in [7, 11) is 0. The number of halogens is 1. The lowest BCUT2D eigenvalue weighted by Crippen LogP contribution is -2.27. The zero-order chi connectivity index (χ0) is 18.9. The topological polar surface area (TPSA) is 71.1 Å². The van der Waals surface area contributed by atoms with Crippen LogP contribution < -0.4 is 10.6 Å². The smallest absolute Gasteiger partial charge is 0.257 e. The van der Waals surface area contributed by atoms with E-state index in [0.717, 1.165) is 10.2 Å². The van der Waals surface area contributed by atoms with E-state index in [4.69, 9.17) is 11.6 Å². The van der Waals surface area contributed by atoms with Crippen molar-refractivity contribution in [2.45, 2.75) is 20.8 Å². The van der Waals surface area contributed by atoms with Gasteiger partial charge in [0.15, 0.2) is 5.13 Å². The van der Waals surface area contributed by atoms with Crippen LogP contribution in [0.1, 0.15) is 31.1 Å². The van der Waals surface area contributed by atoms with Crippen LogP contribution in [-0.2, 0) is 4.79 Å². The average molecular weight is 388 g/mol. The standard InChI is InChI=1S/C19H18ClN3O2S/c1-19(2,3)17(25)21-13-6-4-5-11(9-13)16(24)23-18-22-14-8-7-12(20)10-15(14)26-18/h4-10H,1-3H3,(H,21,25)(H,22,23,24). The number of fused-ring (bicyclic) bond motifs is 1. The lowest BCUT2D eigenvalue weighted by Gasteiger charge is -2.17. The quantitative estimate of drug-likeness (QED) is 0.649. The summed E-state index contributed by atoms with van der Waals surface area (Å²) in [5.74, 6) is -0.403. The van der Waals surface area contributed by atoms with Gasteiger partial charge in [0.1, 0.15) is 0 Å². The molecule has 1 heterocycles. The van der Waals surface area contributed by atoms with E-state index in [1.807, 2.05) is 32.9 Å². The van der Waals surface area contributed by atoms with Gasteiger partial charge in [0, 0.05) is 21.7 Å². The highest BCUT2D eigenvalue weighted by Crippen LogP contribution is 2.28. The van der Waals surface area contributed by atoms with E-state index in [-0.39, 0.29) is 11.8 Å². The second kappa shape index (κ2) is 7.05. The van der Waals surface area contributed by atoms with Crippen LogP contribution in [-0.4, -0.2) is 16.8 Å². The molecule has 0 radical (unpaired) electrons. The number of aromatic nitrogens is 1. The third-order valence-corrected chi connectivity index (χ3v) is 4.80. The highest BCUT2D eigenvalue weighted by molar-refractivity contribution is 7.22. The van der Waals surface area contributed by atoms with Gasteiger partial charge in [-0.1, -0.05) is 49.8 Å². The Hall–Kier alpha value is -2.44. The van der Waals surface area contributed by atoms with Crippen molar-refractivity contribution in [2.75, 3.05) is 10.6 Å². The number of carbonyl (C=O) groups is 2. The molecule has 0 saturated heterocycles. The molecule has 3 rings (SSSR count). The highest BCUT2D eigenvalue weighted by atomic mass is 35.5. The first-order chi connectivity index (χ1) is 12.2. The molecule has 3 aromatic rings. The molecule has 2 N–H and O–H groups in total. The van der Waals surface area contributed by atoms with Crippen molar-refractivity contribution >= 4 is 55.8 Å². The number of carbonyl (C=O) groups excluding carboxylic acids is 2. The molecule has 134 valence electrons. The van der Waals surface area contributed by atoms with Crippen molar-refractivity contribution in [3.8, 4) is 0 Å². The average Bonchev–Trinajstić information content (AvgIpc) is 2.95. The van der Waals surface area contributed by atoms with Crippen LogP contribution in [0.2, 0.25) is 5.02 Å². The van der Waals surface area contributed by atoms with Gasteiger partial charge in [-0.15, -0.1) is 0 Å². The monoisotopic (exact) mass is 387 g/mol. The molecule has 7 heteroatoms. The van der Waals surface area contributed by atoms with Crippen LogP contribution in [0.25, 0.3) is 10.2 Å². The normalized spacial score (nSPS) is 11.4. The van der Waals surface area contributed by atoms with Crippen molar-refractivity contribution in [1.82, 2.24) is 4.98 Å². The summed E-state index contributed by atoms with van der Waals surface area (Å²) in [4.78, 5) is 29.0. The molecule has 0 unspecified atom stereocenters. The molecule has 2 aromatic carbocycles. The third-order valence-electron chi connectivity index (χ3n) is 3.63. The Balaban J connectivity index is 1.77. The number of hydrogen-bond acceptors (Lipinski definition) is 4. The van der Waals surface area contributed by atoms with E-state index >= 15 is 0 Å². The molecule has 0 atom stereocenters. The molecule has 5 nitrogen and oxygen atoms in total. The van der Waals surface area contributed by atoms with E-state index < -0.39 is 5.41 Å². The van der Waals surface area contributed by atoms with Gasteiger partial charge in [-0.2, -0.15) is 0 Å². The van der Waals surface area contributed by atoms with Gasteiger partial charge in [0.25, 0.3) is 5.91 Å². The van der Waals surface area contributed by atoms with Crippen molar-refractivity contribution in [2.24, 2.45) is 5.41 Å². The summed E-state index contributed by atoms with van der Waals surface area (Å²) in [5.41, 5.74) is 1.28. The van der Waals surface area contributed by atoms with Crippen LogP contribution in [0.3, 0.4) is 0 Å². The number of hydrogen-bond donors (Lipinski definition) is 2. The number of benzene rings is 2. The number of rotatable bonds is 3. The first kappa shape index (κ1) is 18.4. The molecule has 0 aliphatic heterocycles. The maximum atomic E-state index is 12.5. The van der Waals surface area contributed by atoms with Gasteiger partial charge in [0.05, 0.1) is 10.2 Å². The fraction of sp³-hybridized carbons (Fsp3) is 0.211. The second-order valence-corrected chi connectivity index (χ2v) is 8.34. The van der Waals surface area contributed by atoms with Gasteiger partial charge in [-0.25, -0.2) is 4.98 Å². The molecule has 0 fully saturated rings. The zero-order valence-corrected chi connectivity index (χ0v) is 16.2. The number of nitrogens with zero attached hydrogens (tertiary/aromatic N) is 1. The second-order valence-electron chi connectivity index (χ2n) is 6.87. The minimum absolute atomic E-state index is 0.113. The van der Waals surface area contributed by atoms with Crippen LogP contribution in [0.5, 0.6) is 0 Å². The van der Waals surface area contributed by atoms with Crippen molar-refractivity contribution in [3.05, 3.63) is 53.1 Å². The molecule has 0 aliphatic rings. The van der Waals surface area contributed by atoms with E-state index in [1.165, 1.54) is 11.3 Å². The predicted octanol–water partition coefficient (Wildman–Crippen LogP) is 5.19. The summed E-state index contributed by atoms with van der Waals surface area (Å²) < 4.78 is 0.902. The largest absolute Gasteiger partial charge is 0.326 e. The van der Waals surface area contributed by atoms with Gasteiger partial charge >= 0.3 is 0 Å². The summed E-state index contributed by atoms with van der Waals surface area (Å²) in [5, 5.41) is 6.74. The predicted molar refractivity (Wildman–Crippen MR) is 107 cm³/mol. The lowest BCUT2D eigenvalue weighted by atomic mass is 9.95. The van der Waals surface area contributed by atoms with E-state index in [1.54, 1.807) is 30.3 Å². The molecular weight excluding hydrogens is 370 g/mol. The van der Waals surface area contributed by atoms with Crippen molar-refractivity contribution < 1.29 is 9.59 Å². The number of amides is 2. The number of nitrogens with one attached hydrogen (secondary N) is 2. The highest BCUT2D eigenvalue weighted by Gasteiger charge is 2.21. The lowest BCUT2D eigenvalue weighted by molar-refractivity contribution is -0.123. The molecule has 0 aliphatic carbocycles. The Bertz CT molecular complexity index is 992. The molecule has 1 aromatic heterocycles. The Morgan fingerprint density at radius 2 is 1.85 bits per heavy atom. The minimum atomic E-state index is -0.513. The minimum Gasteiger partial charge on any atom is -0.326 e. The van der Waals surface area contributed by atoms with Gasteiger partial charge < -0.3 is 5.32 Å². The van der Waals surface area contributed by atoms with Crippen molar-refractivity contribution in [3.63, 3.8) is 0 Å². The molecule has 26 heavy (non-hydrogen) atoms. The Kier molecular flexibility index (Phi) is 4.98. The van der Waals surface area contributed by atoms with Crippen LogP contribution in [0.4, 0.5) is 10.8 Å². The van der Waals surface area contributed by atoms with E-state index in [9.17, 15) is 9.59 Å². The van der Waals surface area contributed by atoms with E-state index in [0.29, 0.717) is 21.4 Å². The maximum Gasteiger partial charge on any atom is 0.257 e. The molecular formula is C19H18ClN3O2S. The first-order valence-corrected chi connectivity index (χ1v) is 9.21. The fourth-order valence-corrected chi connectivity index (χ4v) is 3.31. The number of anilines is 2. The summed E-state index contributed by atoms with van der Waals surface area (Å²) in [6.07, 6.45) is 0. The van der Waals surface area contributed by atoms with Gasteiger partial charge in [-0.05, 0) is 36.4 Å². The molecule has 0 spiro atoms. The molecule has 2 amide bonds. The summed E-state index contributed by atoms with van der Waals surface area (Å²) in [6.45, 7) is 5.49. The molecule has 0 bridgehead atoms. The van der Waals surface area contributed by atoms with E-state index in [2.05, 4.69) is 15.6 Å². The Morgan fingerprint density at radius 3 is 2.58 bits per heavy atom.